The lowest BCUT2D eigenvalue weighted by Gasteiger charge is -2.35. The highest BCUT2D eigenvalue weighted by molar-refractivity contribution is 7.89. The highest BCUT2D eigenvalue weighted by Gasteiger charge is 2.32. The highest BCUT2D eigenvalue weighted by atomic mass is 32.2. The van der Waals surface area contributed by atoms with E-state index in [1.807, 2.05) is 0 Å². The number of piperidine rings is 1. The molecule has 1 aromatic rings. The van der Waals surface area contributed by atoms with Crippen LogP contribution in [-0.2, 0) is 14.8 Å². The number of hydrogen-bond donors (Lipinski definition) is 0. The molecule has 3 rings (SSSR count). The average Bonchev–Trinajstić information content (AvgIpc) is 2.58. The molecular formula is C16H22F2N2O3S. The fourth-order valence-electron chi connectivity index (χ4n) is 3.30. The van der Waals surface area contributed by atoms with Crippen molar-refractivity contribution in [1.82, 2.24) is 9.21 Å². The Morgan fingerprint density at radius 3 is 2.42 bits per heavy atom. The fourth-order valence-corrected chi connectivity index (χ4v) is 4.84. The molecule has 2 aliphatic rings. The van der Waals surface area contributed by atoms with Gasteiger partial charge in [-0.2, -0.15) is 4.31 Å². The van der Waals surface area contributed by atoms with Gasteiger partial charge in [0.15, 0.2) is 0 Å². The summed E-state index contributed by atoms with van der Waals surface area (Å²) in [6, 6.07) is 2.53. The van der Waals surface area contributed by atoms with E-state index in [1.165, 1.54) is 4.31 Å². The molecule has 5 nitrogen and oxygen atoms in total. The molecule has 0 N–H and O–H groups in total. The topological polar surface area (TPSA) is 49.9 Å². The molecule has 0 radical (unpaired) electrons. The van der Waals surface area contributed by atoms with Crippen LogP contribution in [0.1, 0.15) is 12.8 Å². The summed E-state index contributed by atoms with van der Waals surface area (Å²) in [7, 11) is -3.99. The summed E-state index contributed by atoms with van der Waals surface area (Å²) in [5.41, 5.74) is 0. The monoisotopic (exact) mass is 360 g/mol. The molecule has 0 bridgehead atoms. The number of halogens is 2. The summed E-state index contributed by atoms with van der Waals surface area (Å²) in [4.78, 5) is 1.76. The van der Waals surface area contributed by atoms with Gasteiger partial charge in [-0.15, -0.1) is 0 Å². The molecule has 24 heavy (non-hydrogen) atoms. The molecule has 0 aromatic heterocycles. The molecule has 2 fully saturated rings. The van der Waals surface area contributed by atoms with E-state index in [2.05, 4.69) is 4.90 Å². The van der Waals surface area contributed by atoms with E-state index in [1.54, 1.807) is 0 Å². The van der Waals surface area contributed by atoms with Crippen LogP contribution in [0.2, 0.25) is 0 Å². The zero-order valence-corrected chi connectivity index (χ0v) is 14.3. The molecule has 1 aromatic carbocycles. The van der Waals surface area contributed by atoms with E-state index < -0.39 is 26.6 Å². The standard InChI is InChI=1S/C16H22F2N2O3S/c17-14-1-2-15(18)16(11-14)24(21,22)20-5-3-13(4-6-20)12-19-7-9-23-10-8-19/h1-2,11,13H,3-10,12H2. The summed E-state index contributed by atoms with van der Waals surface area (Å²) < 4.78 is 58.8. The number of ether oxygens (including phenoxy) is 1. The van der Waals surface area contributed by atoms with Gasteiger partial charge in [-0.05, 0) is 37.0 Å². The Hall–Kier alpha value is -1.09. The number of nitrogens with zero attached hydrogens (tertiary/aromatic N) is 2. The Balaban J connectivity index is 1.62. The predicted molar refractivity (Wildman–Crippen MR) is 85.1 cm³/mol. The molecule has 0 aliphatic carbocycles. The van der Waals surface area contributed by atoms with Crippen molar-refractivity contribution >= 4 is 10.0 Å². The van der Waals surface area contributed by atoms with Crippen molar-refractivity contribution in [2.45, 2.75) is 17.7 Å². The molecule has 0 spiro atoms. The summed E-state index contributed by atoms with van der Waals surface area (Å²) >= 11 is 0. The molecule has 8 heteroatoms. The first-order valence-corrected chi connectivity index (χ1v) is 9.66. The van der Waals surface area contributed by atoms with Crippen molar-refractivity contribution in [1.29, 1.82) is 0 Å². The molecule has 2 saturated heterocycles. The van der Waals surface area contributed by atoms with Crippen molar-refractivity contribution in [2.24, 2.45) is 5.92 Å². The Morgan fingerprint density at radius 2 is 1.75 bits per heavy atom. The number of rotatable bonds is 4. The highest BCUT2D eigenvalue weighted by Crippen LogP contribution is 2.26. The van der Waals surface area contributed by atoms with Crippen molar-refractivity contribution < 1.29 is 21.9 Å². The van der Waals surface area contributed by atoms with Gasteiger partial charge in [0.05, 0.1) is 13.2 Å². The van der Waals surface area contributed by atoms with Gasteiger partial charge in [-0.1, -0.05) is 0 Å². The second-order valence-electron chi connectivity index (χ2n) is 6.34. The zero-order chi connectivity index (χ0) is 17.2. The Bertz CT molecular complexity index is 670. The lowest BCUT2D eigenvalue weighted by molar-refractivity contribution is 0.0269. The maximum Gasteiger partial charge on any atom is 0.246 e. The molecule has 134 valence electrons. The molecule has 0 amide bonds. The fraction of sp³-hybridized carbons (Fsp3) is 0.625. The lowest BCUT2D eigenvalue weighted by Crippen LogP contribution is -2.44. The Morgan fingerprint density at radius 1 is 1.08 bits per heavy atom. The minimum Gasteiger partial charge on any atom is -0.379 e. The van der Waals surface area contributed by atoms with Gasteiger partial charge < -0.3 is 4.74 Å². The maximum absolute atomic E-state index is 13.8. The number of sulfonamides is 1. The van der Waals surface area contributed by atoms with E-state index >= 15 is 0 Å². The van der Waals surface area contributed by atoms with E-state index in [0.717, 1.165) is 63.9 Å². The third-order valence-electron chi connectivity index (χ3n) is 4.70. The first-order chi connectivity index (χ1) is 11.5. The largest absolute Gasteiger partial charge is 0.379 e. The normalized spacial score (nSPS) is 21.9. The minimum atomic E-state index is -3.99. The SMILES string of the molecule is O=S(=O)(c1cc(F)ccc1F)N1CCC(CN2CCOCC2)CC1. The van der Waals surface area contributed by atoms with E-state index in [4.69, 9.17) is 4.74 Å². The smallest absolute Gasteiger partial charge is 0.246 e. The first kappa shape index (κ1) is 17.7. The minimum absolute atomic E-state index is 0.341. The van der Waals surface area contributed by atoms with Crippen LogP contribution in [0.4, 0.5) is 8.78 Å². The van der Waals surface area contributed by atoms with Crippen LogP contribution in [0, 0.1) is 17.6 Å². The van der Waals surface area contributed by atoms with E-state index in [-0.39, 0.29) is 0 Å². The van der Waals surface area contributed by atoms with Gasteiger partial charge in [0.2, 0.25) is 10.0 Å². The van der Waals surface area contributed by atoms with Crippen molar-refractivity contribution in [3.8, 4) is 0 Å². The molecule has 2 aliphatic heterocycles. The molecule has 0 unspecified atom stereocenters. The van der Waals surface area contributed by atoms with Gasteiger partial charge in [0.1, 0.15) is 16.5 Å². The molecule has 2 heterocycles. The van der Waals surface area contributed by atoms with Crippen LogP contribution < -0.4 is 0 Å². The van der Waals surface area contributed by atoms with Gasteiger partial charge >= 0.3 is 0 Å². The predicted octanol–water partition coefficient (Wildman–Crippen LogP) is 1.70. The quantitative estimate of drug-likeness (QED) is 0.820. The van der Waals surface area contributed by atoms with Crippen LogP contribution in [-0.4, -0.2) is 63.6 Å². The van der Waals surface area contributed by atoms with E-state index in [9.17, 15) is 17.2 Å². The zero-order valence-electron chi connectivity index (χ0n) is 13.5. The van der Waals surface area contributed by atoms with Crippen LogP contribution >= 0.6 is 0 Å². The Kier molecular flexibility index (Phi) is 5.49. The van der Waals surface area contributed by atoms with E-state index in [0.29, 0.717) is 19.0 Å². The van der Waals surface area contributed by atoms with Gasteiger partial charge in [-0.25, -0.2) is 17.2 Å². The maximum atomic E-state index is 13.8. The number of benzene rings is 1. The summed E-state index contributed by atoms with van der Waals surface area (Å²) in [6.07, 6.45) is 1.46. The second-order valence-corrected chi connectivity index (χ2v) is 8.24. The molecule has 0 atom stereocenters. The van der Waals surface area contributed by atoms with Gasteiger partial charge in [-0.3, -0.25) is 4.90 Å². The molecule has 0 saturated carbocycles. The molecular weight excluding hydrogens is 338 g/mol. The van der Waals surface area contributed by atoms with Crippen LogP contribution in [0.5, 0.6) is 0 Å². The number of hydrogen-bond acceptors (Lipinski definition) is 4. The van der Waals surface area contributed by atoms with Crippen LogP contribution in [0.25, 0.3) is 0 Å². The first-order valence-electron chi connectivity index (χ1n) is 8.22. The average molecular weight is 360 g/mol. The van der Waals surface area contributed by atoms with Crippen molar-refractivity contribution in [2.75, 3.05) is 45.9 Å². The van der Waals surface area contributed by atoms with Crippen LogP contribution in [0.3, 0.4) is 0 Å². The number of morpholine rings is 1. The van der Waals surface area contributed by atoms with Crippen molar-refractivity contribution in [3.63, 3.8) is 0 Å². The lowest BCUT2D eigenvalue weighted by atomic mass is 9.97. The second kappa shape index (κ2) is 7.43. The van der Waals surface area contributed by atoms with Gasteiger partial charge in [0.25, 0.3) is 0 Å². The van der Waals surface area contributed by atoms with Crippen molar-refractivity contribution in [3.05, 3.63) is 29.8 Å². The third-order valence-corrected chi connectivity index (χ3v) is 6.62. The summed E-state index contributed by atoms with van der Waals surface area (Å²) in [6.45, 7) is 4.92. The summed E-state index contributed by atoms with van der Waals surface area (Å²) in [5, 5.41) is 0. The summed E-state index contributed by atoms with van der Waals surface area (Å²) in [5.74, 6) is -1.24. The Labute approximate surface area is 141 Å². The van der Waals surface area contributed by atoms with Crippen LogP contribution in [0.15, 0.2) is 23.1 Å². The third kappa shape index (κ3) is 3.93. The van der Waals surface area contributed by atoms with Gasteiger partial charge in [0, 0.05) is 32.7 Å².